The minimum Gasteiger partial charge on any atom is -0.489 e. The Morgan fingerprint density at radius 3 is 2.56 bits per heavy atom. The highest BCUT2D eigenvalue weighted by Gasteiger charge is 2.07. The number of rotatable bonds is 5. The van der Waals surface area contributed by atoms with Crippen molar-refractivity contribution >= 4 is 17.2 Å². The van der Waals surface area contributed by atoms with Crippen LogP contribution in [-0.4, -0.2) is 6.10 Å². The number of benzene rings is 1. The van der Waals surface area contributed by atoms with Gasteiger partial charge in [0.15, 0.2) is 0 Å². The molecular weight excluding hydrogens is 244 g/mol. The van der Waals surface area contributed by atoms with Crippen LogP contribution in [0.3, 0.4) is 0 Å². The van der Waals surface area contributed by atoms with Gasteiger partial charge in [0.1, 0.15) is 5.75 Å². The van der Waals surface area contributed by atoms with Crippen LogP contribution in [0, 0.1) is 0 Å². The Kier molecular flexibility index (Phi) is 5.24. The van der Waals surface area contributed by atoms with Gasteiger partial charge < -0.3 is 4.74 Å². The molecule has 1 aromatic rings. The number of hydrogen-bond acceptors (Lipinski definition) is 1. The first-order valence-electron chi connectivity index (χ1n) is 5.91. The average Bonchev–Trinajstić information content (AvgIpc) is 2.30. The van der Waals surface area contributed by atoms with Crippen LogP contribution < -0.4 is 4.74 Å². The van der Waals surface area contributed by atoms with Crippen LogP contribution in [0.4, 0.5) is 0 Å². The largest absolute Gasteiger partial charge is 0.489 e. The van der Waals surface area contributed by atoms with Gasteiger partial charge >= 0.3 is 0 Å². The molecule has 0 amide bonds. The average molecular weight is 263 g/mol. The summed E-state index contributed by atoms with van der Waals surface area (Å²) in [5.74, 6) is 0.702. The SMILES string of the molecule is C=C/C=C(/C)C(=C)c1ccc(OC(C)C)c(Cl)c1. The summed E-state index contributed by atoms with van der Waals surface area (Å²) in [4.78, 5) is 0. The zero-order valence-corrected chi connectivity index (χ0v) is 11.9. The molecule has 0 N–H and O–H groups in total. The van der Waals surface area contributed by atoms with Crippen molar-refractivity contribution in [1.82, 2.24) is 0 Å². The predicted molar refractivity (Wildman–Crippen MR) is 80.2 cm³/mol. The van der Waals surface area contributed by atoms with Crippen LogP contribution in [0.5, 0.6) is 5.75 Å². The number of ether oxygens (including phenoxy) is 1. The maximum atomic E-state index is 6.19. The molecule has 0 fully saturated rings. The summed E-state index contributed by atoms with van der Waals surface area (Å²) in [6, 6.07) is 5.72. The molecule has 18 heavy (non-hydrogen) atoms. The van der Waals surface area contributed by atoms with E-state index in [2.05, 4.69) is 13.2 Å². The highest BCUT2D eigenvalue weighted by molar-refractivity contribution is 6.32. The first-order valence-corrected chi connectivity index (χ1v) is 6.28. The van der Waals surface area contributed by atoms with Crippen molar-refractivity contribution in [3.05, 3.63) is 59.7 Å². The van der Waals surface area contributed by atoms with Gasteiger partial charge in [-0.1, -0.05) is 43.0 Å². The van der Waals surface area contributed by atoms with Gasteiger partial charge in [-0.15, -0.1) is 0 Å². The molecule has 0 saturated heterocycles. The van der Waals surface area contributed by atoms with E-state index in [1.54, 1.807) is 6.08 Å². The third-order valence-electron chi connectivity index (χ3n) is 2.49. The molecule has 0 bridgehead atoms. The molecule has 1 rings (SSSR count). The van der Waals surface area contributed by atoms with Crippen LogP contribution >= 0.6 is 11.6 Å². The predicted octanol–water partition coefficient (Wildman–Crippen LogP) is 5.27. The van der Waals surface area contributed by atoms with Crippen LogP contribution in [0.2, 0.25) is 5.02 Å². The highest BCUT2D eigenvalue weighted by atomic mass is 35.5. The molecule has 1 nitrogen and oxygen atoms in total. The molecule has 0 saturated carbocycles. The van der Waals surface area contributed by atoms with E-state index in [1.807, 2.05) is 45.0 Å². The molecule has 0 aliphatic rings. The van der Waals surface area contributed by atoms with Crippen LogP contribution in [0.15, 0.2) is 49.1 Å². The fraction of sp³-hybridized carbons (Fsp3) is 0.250. The molecule has 0 heterocycles. The Morgan fingerprint density at radius 1 is 1.39 bits per heavy atom. The van der Waals surface area contributed by atoms with E-state index in [0.29, 0.717) is 10.8 Å². The lowest BCUT2D eigenvalue weighted by Gasteiger charge is -2.13. The lowest BCUT2D eigenvalue weighted by molar-refractivity contribution is 0.242. The Labute approximate surface area is 114 Å². The Balaban J connectivity index is 3.00. The molecule has 0 radical (unpaired) electrons. The second kappa shape index (κ2) is 6.46. The topological polar surface area (TPSA) is 9.23 Å². The zero-order valence-electron chi connectivity index (χ0n) is 11.2. The molecular formula is C16H19ClO. The number of halogens is 1. The maximum Gasteiger partial charge on any atom is 0.138 e. The fourth-order valence-electron chi connectivity index (χ4n) is 1.54. The lowest BCUT2D eigenvalue weighted by Crippen LogP contribution is -2.05. The maximum absolute atomic E-state index is 6.19. The fourth-order valence-corrected chi connectivity index (χ4v) is 1.77. The van der Waals surface area contributed by atoms with Crippen LogP contribution in [-0.2, 0) is 0 Å². The molecule has 0 aromatic heterocycles. The Hall–Kier alpha value is -1.47. The van der Waals surface area contributed by atoms with Crippen molar-refractivity contribution < 1.29 is 4.74 Å². The summed E-state index contributed by atoms with van der Waals surface area (Å²) in [7, 11) is 0. The van der Waals surface area contributed by atoms with E-state index >= 15 is 0 Å². The Morgan fingerprint density at radius 2 is 2.06 bits per heavy atom. The van der Waals surface area contributed by atoms with E-state index in [1.165, 1.54) is 0 Å². The quantitative estimate of drug-likeness (QED) is 0.657. The van der Waals surface area contributed by atoms with Gasteiger partial charge in [0.2, 0.25) is 0 Å². The van der Waals surface area contributed by atoms with Gasteiger partial charge in [0, 0.05) is 0 Å². The van der Waals surface area contributed by atoms with Crippen molar-refractivity contribution in [3.8, 4) is 5.75 Å². The molecule has 96 valence electrons. The first-order chi connectivity index (χ1) is 8.45. The molecule has 1 aromatic carbocycles. The molecule has 2 heteroatoms. The summed E-state index contributed by atoms with van der Waals surface area (Å²) in [6.07, 6.45) is 3.78. The van der Waals surface area contributed by atoms with E-state index in [9.17, 15) is 0 Å². The third-order valence-corrected chi connectivity index (χ3v) is 2.78. The van der Waals surface area contributed by atoms with Crippen LogP contribution in [0.25, 0.3) is 5.57 Å². The lowest BCUT2D eigenvalue weighted by atomic mass is 10.0. The van der Waals surface area contributed by atoms with Crippen LogP contribution in [0.1, 0.15) is 26.3 Å². The summed E-state index contributed by atoms with van der Waals surface area (Å²) in [6.45, 7) is 13.7. The first kappa shape index (κ1) is 14.6. The Bertz CT molecular complexity index is 484. The van der Waals surface area contributed by atoms with E-state index in [-0.39, 0.29) is 6.10 Å². The number of hydrogen-bond donors (Lipinski definition) is 0. The molecule has 0 aliphatic carbocycles. The third kappa shape index (κ3) is 3.78. The van der Waals surface area contributed by atoms with Crippen molar-refractivity contribution in [2.75, 3.05) is 0 Å². The zero-order chi connectivity index (χ0) is 13.7. The second-order valence-corrected chi connectivity index (χ2v) is 4.78. The number of allylic oxidation sites excluding steroid dienone is 4. The van der Waals surface area contributed by atoms with Crippen molar-refractivity contribution in [3.63, 3.8) is 0 Å². The van der Waals surface area contributed by atoms with Gasteiger partial charge in [0.05, 0.1) is 11.1 Å². The van der Waals surface area contributed by atoms with E-state index in [0.717, 1.165) is 16.7 Å². The molecule has 0 aliphatic heterocycles. The van der Waals surface area contributed by atoms with E-state index < -0.39 is 0 Å². The van der Waals surface area contributed by atoms with Crippen molar-refractivity contribution in [2.45, 2.75) is 26.9 Å². The van der Waals surface area contributed by atoms with Gasteiger partial charge in [-0.05, 0) is 49.6 Å². The van der Waals surface area contributed by atoms with Crippen molar-refractivity contribution in [2.24, 2.45) is 0 Å². The molecule has 0 atom stereocenters. The van der Waals surface area contributed by atoms with Gasteiger partial charge in [-0.3, -0.25) is 0 Å². The molecule has 0 spiro atoms. The summed E-state index contributed by atoms with van der Waals surface area (Å²) >= 11 is 6.19. The summed E-state index contributed by atoms with van der Waals surface area (Å²) < 4.78 is 5.60. The summed E-state index contributed by atoms with van der Waals surface area (Å²) in [5, 5.41) is 0.605. The minimum atomic E-state index is 0.110. The molecule has 0 unspecified atom stereocenters. The van der Waals surface area contributed by atoms with Gasteiger partial charge in [0.25, 0.3) is 0 Å². The second-order valence-electron chi connectivity index (χ2n) is 4.38. The summed E-state index contributed by atoms with van der Waals surface area (Å²) in [5.41, 5.74) is 3.00. The van der Waals surface area contributed by atoms with Crippen molar-refractivity contribution in [1.29, 1.82) is 0 Å². The highest BCUT2D eigenvalue weighted by Crippen LogP contribution is 2.30. The standard InChI is InChI=1S/C16H19ClO/c1-6-7-12(4)13(5)14-8-9-16(15(17)10-14)18-11(2)3/h6-11H,1,5H2,2-4H3/b12-7-. The van der Waals surface area contributed by atoms with E-state index in [4.69, 9.17) is 16.3 Å². The minimum absolute atomic E-state index is 0.110. The smallest absolute Gasteiger partial charge is 0.138 e. The monoisotopic (exact) mass is 262 g/mol. The normalized spacial score (nSPS) is 11.5. The van der Waals surface area contributed by atoms with Gasteiger partial charge in [-0.25, -0.2) is 0 Å². The van der Waals surface area contributed by atoms with Gasteiger partial charge in [-0.2, -0.15) is 0 Å².